The Bertz CT molecular complexity index is 835. The Hall–Kier alpha value is -1.77. The Morgan fingerprint density at radius 2 is 1.86 bits per heavy atom. The van der Waals surface area contributed by atoms with Crippen molar-refractivity contribution in [1.82, 2.24) is 14.6 Å². The van der Waals surface area contributed by atoms with Gasteiger partial charge in [0.05, 0.1) is 12.3 Å². The second kappa shape index (κ2) is 11.3. The monoisotopic (exact) mass is 423 g/mol. The van der Waals surface area contributed by atoms with Gasteiger partial charge in [-0.2, -0.15) is 4.31 Å². The molecule has 0 unspecified atom stereocenters. The van der Waals surface area contributed by atoms with Crippen molar-refractivity contribution in [2.75, 3.05) is 13.1 Å². The van der Waals surface area contributed by atoms with E-state index in [1.54, 1.807) is 5.38 Å². The molecule has 1 heterocycles. The van der Waals surface area contributed by atoms with Crippen molar-refractivity contribution in [2.24, 2.45) is 0 Å². The number of unbranched alkanes of at least 4 members (excludes halogenated alkanes) is 2. The van der Waals surface area contributed by atoms with Crippen LogP contribution in [-0.4, -0.2) is 36.7 Å². The zero-order valence-electron chi connectivity index (χ0n) is 16.6. The summed E-state index contributed by atoms with van der Waals surface area (Å²) in [7, 11) is -3.47. The molecule has 0 bridgehead atoms. The molecule has 2 rings (SSSR count). The summed E-state index contributed by atoms with van der Waals surface area (Å²) < 4.78 is 27.4. The first-order chi connectivity index (χ1) is 13.5. The second-order valence-electron chi connectivity index (χ2n) is 6.66. The average Bonchev–Trinajstić information content (AvgIpc) is 3.14. The molecular weight excluding hydrogens is 394 g/mol. The number of carbonyl (C=O) groups is 1. The van der Waals surface area contributed by atoms with Crippen molar-refractivity contribution < 1.29 is 13.2 Å². The molecular formula is C20H29N3O3S2. The Morgan fingerprint density at radius 3 is 2.54 bits per heavy atom. The number of sulfonamides is 1. The highest BCUT2D eigenvalue weighted by atomic mass is 32.2. The summed E-state index contributed by atoms with van der Waals surface area (Å²) in [6.45, 7) is 5.36. The molecule has 1 amide bonds. The fourth-order valence-electron chi connectivity index (χ4n) is 2.64. The number of rotatable bonds is 12. The number of benzene rings is 1. The van der Waals surface area contributed by atoms with Crippen molar-refractivity contribution >= 4 is 27.3 Å². The Labute approximate surface area is 172 Å². The van der Waals surface area contributed by atoms with E-state index in [4.69, 9.17) is 0 Å². The van der Waals surface area contributed by atoms with E-state index < -0.39 is 10.0 Å². The number of hydrogen-bond acceptors (Lipinski definition) is 5. The van der Waals surface area contributed by atoms with Crippen molar-refractivity contribution in [1.29, 1.82) is 0 Å². The molecule has 0 atom stereocenters. The molecule has 1 aromatic heterocycles. The first kappa shape index (κ1) is 22.5. The van der Waals surface area contributed by atoms with Crippen LogP contribution in [0.5, 0.6) is 0 Å². The molecule has 28 heavy (non-hydrogen) atoms. The Kier molecular flexibility index (Phi) is 9.08. The molecule has 6 nitrogen and oxygen atoms in total. The minimum Gasteiger partial charge on any atom is -0.351 e. The summed E-state index contributed by atoms with van der Waals surface area (Å²) in [5.74, 6) is -0.240. The van der Waals surface area contributed by atoms with E-state index in [1.165, 1.54) is 15.6 Å². The van der Waals surface area contributed by atoms with E-state index in [-0.39, 0.29) is 18.2 Å². The molecule has 1 aromatic carbocycles. The van der Waals surface area contributed by atoms with Gasteiger partial charge in [0.2, 0.25) is 10.0 Å². The predicted octanol–water partition coefficient (Wildman–Crippen LogP) is 3.81. The molecule has 0 fully saturated rings. The highest BCUT2D eigenvalue weighted by Crippen LogP contribution is 2.18. The standard InChI is InChI=1S/C20H29N3O3S2/c1-3-5-12-21-20(24)18-15-27-19(22-18)14-23(13-6-4-2)28(25,26)16-17-10-8-7-9-11-17/h7-11,15H,3-6,12-14,16H2,1-2H3,(H,21,24). The van der Waals surface area contributed by atoms with Gasteiger partial charge in [-0.1, -0.05) is 57.0 Å². The van der Waals surface area contributed by atoms with Crippen LogP contribution < -0.4 is 5.32 Å². The maximum Gasteiger partial charge on any atom is 0.270 e. The van der Waals surface area contributed by atoms with Gasteiger partial charge in [-0.05, 0) is 18.4 Å². The molecule has 0 aliphatic heterocycles. The lowest BCUT2D eigenvalue weighted by Gasteiger charge is -2.21. The van der Waals surface area contributed by atoms with Gasteiger partial charge in [-0.15, -0.1) is 11.3 Å². The molecule has 1 N–H and O–H groups in total. The third-order valence-corrected chi connectivity index (χ3v) is 6.89. The lowest BCUT2D eigenvalue weighted by Crippen LogP contribution is -2.32. The lowest BCUT2D eigenvalue weighted by molar-refractivity contribution is 0.0948. The van der Waals surface area contributed by atoms with Gasteiger partial charge >= 0.3 is 0 Å². The summed E-state index contributed by atoms with van der Waals surface area (Å²) in [5.41, 5.74) is 1.12. The third-order valence-electron chi connectivity index (χ3n) is 4.26. The van der Waals surface area contributed by atoms with Crippen LogP contribution in [-0.2, 0) is 22.3 Å². The highest BCUT2D eigenvalue weighted by molar-refractivity contribution is 7.88. The van der Waals surface area contributed by atoms with Crippen LogP contribution in [0.2, 0.25) is 0 Å². The van der Waals surface area contributed by atoms with Gasteiger partial charge in [-0.25, -0.2) is 13.4 Å². The number of carbonyl (C=O) groups excluding carboxylic acids is 1. The zero-order valence-corrected chi connectivity index (χ0v) is 18.2. The van der Waals surface area contributed by atoms with E-state index in [1.807, 2.05) is 37.3 Å². The van der Waals surface area contributed by atoms with E-state index in [9.17, 15) is 13.2 Å². The lowest BCUT2D eigenvalue weighted by atomic mass is 10.2. The zero-order chi connectivity index (χ0) is 20.4. The molecule has 0 saturated carbocycles. The molecule has 0 aliphatic rings. The van der Waals surface area contributed by atoms with E-state index >= 15 is 0 Å². The largest absolute Gasteiger partial charge is 0.351 e. The van der Waals surface area contributed by atoms with Gasteiger partial charge in [0, 0.05) is 18.5 Å². The maximum absolute atomic E-state index is 12.9. The number of thiazole rings is 1. The first-order valence-electron chi connectivity index (χ1n) is 9.70. The Balaban J connectivity index is 2.08. The molecule has 0 aliphatic carbocycles. The first-order valence-corrected chi connectivity index (χ1v) is 12.2. The number of aromatic nitrogens is 1. The molecule has 8 heteroatoms. The average molecular weight is 424 g/mol. The smallest absolute Gasteiger partial charge is 0.270 e. The normalized spacial score (nSPS) is 11.7. The van der Waals surface area contributed by atoms with E-state index in [0.29, 0.717) is 23.8 Å². The number of hydrogen-bond donors (Lipinski definition) is 1. The van der Waals surface area contributed by atoms with Crippen LogP contribution in [0.25, 0.3) is 0 Å². The van der Waals surface area contributed by atoms with Gasteiger partial charge in [0.15, 0.2) is 0 Å². The summed E-state index contributed by atoms with van der Waals surface area (Å²) in [6.07, 6.45) is 3.61. The fraction of sp³-hybridized carbons (Fsp3) is 0.500. The second-order valence-corrected chi connectivity index (χ2v) is 9.58. The summed E-state index contributed by atoms with van der Waals surface area (Å²) in [4.78, 5) is 16.5. The molecule has 0 saturated heterocycles. The van der Waals surface area contributed by atoms with Crippen molar-refractivity contribution in [3.63, 3.8) is 0 Å². The molecule has 2 aromatic rings. The quantitative estimate of drug-likeness (QED) is 0.527. The topological polar surface area (TPSA) is 79.4 Å². The Morgan fingerprint density at radius 1 is 1.14 bits per heavy atom. The van der Waals surface area contributed by atoms with E-state index in [2.05, 4.69) is 17.2 Å². The highest BCUT2D eigenvalue weighted by Gasteiger charge is 2.24. The van der Waals surface area contributed by atoms with Crippen LogP contribution in [0, 0.1) is 0 Å². The van der Waals surface area contributed by atoms with Crippen LogP contribution >= 0.6 is 11.3 Å². The molecule has 0 radical (unpaired) electrons. The van der Waals surface area contributed by atoms with Crippen LogP contribution in [0.3, 0.4) is 0 Å². The SMILES string of the molecule is CCCCNC(=O)c1csc(CN(CCCC)S(=O)(=O)Cc2ccccc2)n1. The van der Waals surface area contributed by atoms with Gasteiger partial charge in [-0.3, -0.25) is 4.79 Å². The number of nitrogens with one attached hydrogen (secondary N) is 1. The van der Waals surface area contributed by atoms with Gasteiger partial charge < -0.3 is 5.32 Å². The van der Waals surface area contributed by atoms with E-state index in [0.717, 1.165) is 31.2 Å². The number of nitrogens with zero attached hydrogens (tertiary/aromatic N) is 2. The fourth-order valence-corrected chi connectivity index (χ4v) is 5.03. The number of amides is 1. The minimum absolute atomic E-state index is 0.0344. The van der Waals surface area contributed by atoms with Gasteiger partial charge in [0.1, 0.15) is 10.7 Å². The third kappa shape index (κ3) is 7.00. The summed E-state index contributed by atoms with van der Waals surface area (Å²) in [5, 5.41) is 5.16. The molecule has 154 valence electrons. The maximum atomic E-state index is 12.9. The predicted molar refractivity (Wildman–Crippen MR) is 114 cm³/mol. The van der Waals surface area contributed by atoms with Crippen LogP contribution in [0.1, 0.15) is 60.6 Å². The van der Waals surface area contributed by atoms with Crippen molar-refractivity contribution in [3.05, 3.63) is 52.0 Å². The van der Waals surface area contributed by atoms with Crippen molar-refractivity contribution in [3.8, 4) is 0 Å². The van der Waals surface area contributed by atoms with Crippen LogP contribution in [0.15, 0.2) is 35.7 Å². The summed E-state index contributed by atoms with van der Waals surface area (Å²) >= 11 is 1.32. The molecule has 0 spiro atoms. The summed E-state index contributed by atoms with van der Waals surface area (Å²) in [6, 6.07) is 9.18. The van der Waals surface area contributed by atoms with Crippen LogP contribution in [0.4, 0.5) is 0 Å². The van der Waals surface area contributed by atoms with Gasteiger partial charge in [0.25, 0.3) is 5.91 Å². The minimum atomic E-state index is -3.47. The van der Waals surface area contributed by atoms with Crippen molar-refractivity contribution in [2.45, 2.75) is 51.8 Å².